The van der Waals surface area contributed by atoms with Gasteiger partial charge in [-0.2, -0.15) is 0 Å². The maximum absolute atomic E-state index is 12.4. The standard InChI is InChI=1S/C15H21N3O3/c1-4-16-11-7-8-13(18(20)21)12(9-11)14(19)17-15(2,3)10-5-6-10/h7-10,16H,4-6H2,1-3H3,(H,17,19). The van der Waals surface area contributed by atoms with Gasteiger partial charge in [-0.15, -0.1) is 0 Å². The van der Waals surface area contributed by atoms with Crippen LogP contribution in [0.4, 0.5) is 11.4 Å². The first-order valence-corrected chi connectivity index (χ1v) is 7.20. The number of rotatable bonds is 6. The predicted molar refractivity (Wildman–Crippen MR) is 81.5 cm³/mol. The van der Waals surface area contributed by atoms with Crippen LogP contribution in [0, 0.1) is 16.0 Å². The number of benzene rings is 1. The molecule has 2 rings (SSSR count). The maximum Gasteiger partial charge on any atom is 0.282 e. The highest BCUT2D eigenvalue weighted by Crippen LogP contribution is 2.39. The Morgan fingerprint density at radius 1 is 1.43 bits per heavy atom. The Balaban J connectivity index is 2.28. The van der Waals surface area contributed by atoms with Crippen molar-refractivity contribution in [1.82, 2.24) is 5.32 Å². The van der Waals surface area contributed by atoms with E-state index >= 15 is 0 Å². The van der Waals surface area contributed by atoms with Gasteiger partial charge in [-0.3, -0.25) is 14.9 Å². The molecule has 6 heteroatoms. The van der Waals surface area contributed by atoms with E-state index in [1.807, 2.05) is 20.8 Å². The molecule has 114 valence electrons. The molecule has 0 heterocycles. The monoisotopic (exact) mass is 291 g/mol. The van der Waals surface area contributed by atoms with E-state index in [2.05, 4.69) is 10.6 Å². The number of nitrogens with one attached hydrogen (secondary N) is 2. The largest absolute Gasteiger partial charge is 0.385 e. The third kappa shape index (κ3) is 3.51. The summed E-state index contributed by atoms with van der Waals surface area (Å²) >= 11 is 0. The van der Waals surface area contributed by atoms with Crippen molar-refractivity contribution in [2.45, 2.75) is 39.2 Å². The number of carbonyl (C=O) groups is 1. The van der Waals surface area contributed by atoms with Crippen molar-refractivity contribution in [3.63, 3.8) is 0 Å². The van der Waals surface area contributed by atoms with E-state index in [-0.39, 0.29) is 16.8 Å². The molecule has 0 radical (unpaired) electrons. The summed E-state index contributed by atoms with van der Waals surface area (Å²) in [6.07, 6.45) is 2.18. The normalized spacial score (nSPS) is 14.6. The average molecular weight is 291 g/mol. The topological polar surface area (TPSA) is 84.3 Å². The first-order chi connectivity index (χ1) is 9.85. The number of nitro groups is 1. The fourth-order valence-electron chi connectivity index (χ4n) is 2.46. The van der Waals surface area contributed by atoms with Crippen LogP contribution in [-0.4, -0.2) is 22.9 Å². The molecule has 0 aromatic heterocycles. The number of hydrogen-bond donors (Lipinski definition) is 2. The van der Waals surface area contributed by atoms with Gasteiger partial charge in [0.25, 0.3) is 11.6 Å². The van der Waals surface area contributed by atoms with Crippen molar-refractivity contribution < 1.29 is 9.72 Å². The SMILES string of the molecule is CCNc1ccc([N+](=O)[O-])c(C(=O)NC(C)(C)C2CC2)c1. The van der Waals surface area contributed by atoms with Crippen molar-refractivity contribution in [1.29, 1.82) is 0 Å². The highest BCUT2D eigenvalue weighted by molar-refractivity contribution is 5.99. The molecule has 2 N–H and O–H groups in total. The van der Waals surface area contributed by atoms with Crippen molar-refractivity contribution >= 4 is 17.3 Å². The minimum absolute atomic E-state index is 0.104. The van der Waals surface area contributed by atoms with Crippen molar-refractivity contribution in [2.24, 2.45) is 5.92 Å². The second kappa shape index (κ2) is 5.71. The number of nitrogens with zero attached hydrogens (tertiary/aromatic N) is 1. The third-order valence-corrected chi connectivity index (χ3v) is 3.85. The Hall–Kier alpha value is -2.11. The molecule has 1 saturated carbocycles. The van der Waals surface area contributed by atoms with Crippen molar-refractivity contribution in [3.05, 3.63) is 33.9 Å². The molecule has 0 atom stereocenters. The summed E-state index contributed by atoms with van der Waals surface area (Å²) in [5, 5.41) is 17.1. The molecule has 0 aliphatic heterocycles. The average Bonchev–Trinajstić information content (AvgIpc) is 3.22. The summed E-state index contributed by atoms with van der Waals surface area (Å²) in [7, 11) is 0. The van der Waals surface area contributed by atoms with Gasteiger partial charge in [0.1, 0.15) is 5.56 Å². The lowest BCUT2D eigenvalue weighted by Crippen LogP contribution is -2.45. The molecule has 1 aromatic carbocycles. The van der Waals surface area contributed by atoms with Crippen molar-refractivity contribution in [3.8, 4) is 0 Å². The van der Waals surface area contributed by atoms with E-state index in [1.54, 1.807) is 12.1 Å². The summed E-state index contributed by atoms with van der Waals surface area (Å²) in [6, 6.07) is 4.53. The Bertz CT molecular complexity index is 565. The van der Waals surface area contributed by atoms with E-state index in [4.69, 9.17) is 0 Å². The number of anilines is 1. The van der Waals surface area contributed by atoms with Crippen LogP contribution in [0.2, 0.25) is 0 Å². The molecule has 1 aliphatic rings. The molecule has 1 aliphatic carbocycles. The van der Waals surface area contributed by atoms with Crippen LogP contribution < -0.4 is 10.6 Å². The van der Waals surface area contributed by atoms with Gasteiger partial charge < -0.3 is 10.6 Å². The summed E-state index contributed by atoms with van der Waals surface area (Å²) in [4.78, 5) is 23.0. The zero-order valence-corrected chi connectivity index (χ0v) is 12.6. The summed E-state index contributed by atoms with van der Waals surface area (Å²) in [5.41, 5.74) is 0.310. The zero-order valence-electron chi connectivity index (χ0n) is 12.6. The lowest BCUT2D eigenvalue weighted by molar-refractivity contribution is -0.385. The van der Waals surface area contributed by atoms with E-state index < -0.39 is 10.8 Å². The Labute approximate surface area is 124 Å². The minimum atomic E-state index is -0.519. The lowest BCUT2D eigenvalue weighted by atomic mass is 9.98. The quantitative estimate of drug-likeness (QED) is 0.623. The third-order valence-electron chi connectivity index (χ3n) is 3.85. The van der Waals surface area contributed by atoms with Gasteiger partial charge in [-0.25, -0.2) is 0 Å². The first kappa shape index (κ1) is 15.3. The molecule has 6 nitrogen and oxygen atoms in total. The molecule has 1 amide bonds. The Morgan fingerprint density at radius 2 is 2.10 bits per heavy atom. The second-order valence-corrected chi connectivity index (χ2v) is 5.97. The van der Waals surface area contributed by atoms with E-state index in [0.717, 1.165) is 12.8 Å². The number of carbonyl (C=O) groups excluding carboxylic acids is 1. The number of hydrogen-bond acceptors (Lipinski definition) is 4. The van der Waals surface area contributed by atoms with Crippen LogP contribution in [0.1, 0.15) is 44.0 Å². The summed E-state index contributed by atoms with van der Waals surface area (Å²) in [5.74, 6) is 0.0656. The molecule has 1 fully saturated rings. The molecule has 0 bridgehead atoms. The van der Waals surface area contributed by atoms with Gasteiger partial charge in [0.05, 0.1) is 4.92 Å². The molecule has 0 spiro atoms. The zero-order chi connectivity index (χ0) is 15.6. The van der Waals surface area contributed by atoms with E-state index in [1.165, 1.54) is 6.07 Å². The molecular formula is C15H21N3O3. The smallest absolute Gasteiger partial charge is 0.282 e. The fraction of sp³-hybridized carbons (Fsp3) is 0.533. The maximum atomic E-state index is 12.4. The van der Waals surface area contributed by atoms with Gasteiger partial charge in [0.15, 0.2) is 0 Å². The number of nitro benzene ring substituents is 1. The van der Waals surface area contributed by atoms with E-state index in [9.17, 15) is 14.9 Å². The van der Waals surface area contributed by atoms with E-state index in [0.29, 0.717) is 18.2 Å². The second-order valence-electron chi connectivity index (χ2n) is 5.97. The van der Waals surface area contributed by atoms with Gasteiger partial charge >= 0.3 is 0 Å². The Morgan fingerprint density at radius 3 is 2.62 bits per heavy atom. The number of amides is 1. The molecule has 0 unspecified atom stereocenters. The molecule has 21 heavy (non-hydrogen) atoms. The van der Waals surface area contributed by atoms with Gasteiger partial charge in [0, 0.05) is 23.8 Å². The van der Waals surface area contributed by atoms with Crippen LogP contribution in [0.3, 0.4) is 0 Å². The Kier molecular flexibility index (Phi) is 4.16. The predicted octanol–water partition coefficient (Wildman–Crippen LogP) is 2.95. The molecular weight excluding hydrogens is 270 g/mol. The minimum Gasteiger partial charge on any atom is -0.385 e. The van der Waals surface area contributed by atoms with Crippen LogP contribution in [0.25, 0.3) is 0 Å². The highest BCUT2D eigenvalue weighted by Gasteiger charge is 2.39. The van der Waals surface area contributed by atoms with Gasteiger partial charge in [0.2, 0.25) is 0 Å². The summed E-state index contributed by atoms with van der Waals surface area (Å²) in [6.45, 7) is 6.54. The fourth-order valence-corrected chi connectivity index (χ4v) is 2.46. The van der Waals surface area contributed by atoms with Crippen LogP contribution in [0.15, 0.2) is 18.2 Å². The molecule has 0 saturated heterocycles. The van der Waals surface area contributed by atoms with Crippen LogP contribution in [0.5, 0.6) is 0 Å². The van der Waals surface area contributed by atoms with Gasteiger partial charge in [-0.1, -0.05) is 0 Å². The molecule has 1 aromatic rings. The first-order valence-electron chi connectivity index (χ1n) is 7.20. The van der Waals surface area contributed by atoms with Crippen LogP contribution >= 0.6 is 0 Å². The lowest BCUT2D eigenvalue weighted by Gasteiger charge is -2.26. The van der Waals surface area contributed by atoms with Gasteiger partial charge in [-0.05, 0) is 51.7 Å². The summed E-state index contributed by atoms with van der Waals surface area (Å²) < 4.78 is 0. The van der Waals surface area contributed by atoms with Crippen LogP contribution in [-0.2, 0) is 0 Å². The highest BCUT2D eigenvalue weighted by atomic mass is 16.6. The van der Waals surface area contributed by atoms with Crippen molar-refractivity contribution in [2.75, 3.05) is 11.9 Å².